The summed E-state index contributed by atoms with van der Waals surface area (Å²) >= 11 is 0. The fraction of sp³-hybridized carbons (Fsp3) is 0.600. The number of nitrogens with one attached hydrogen (secondary N) is 2. The van der Waals surface area contributed by atoms with Crippen LogP contribution in [0.25, 0.3) is 0 Å². The van der Waals surface area contributed by atoms with Crippen LogP contribution in [-0.2, 0) is 16.1 Å². The molecule has 4 nitrogen and oxygen atoms in total. The summed E-state index contributed by atoms with van der Waals surface area (Å²) in [5.74, 6) is 0.431. The zero-order valence-corrected chi connectivity index (χ0v) is 14.9. The first-order chi connectivity index (χ1) is 11.6. The van der Waals surface area contributed by atoms with Gasteiger partial charge in [0.15, 0.2) is 0 Å². The van der Waals surface area contributed by atoms with Crippen molar-refractivity contribution in [1.82, 2.24) is 10.6 Å². The van der Waals surface area contributed by atoms with Gasteiger partial charge >= 0.3 is 0 Å². The number of carbonyl (C=O) groups excluding carboxylic acids is 2. The van der Waals surface area contributed by atoms with E-state index < -0.39 is 0 Å². The Bertz CT molecular complexity index is 548. The van der Waals surface area contributed by atoms with Crippen LogP contribution in [0, 0.1) is 18.8 Å². The number of benzene rings is 1. The van der Waals surface area contributed by atoms with Gasteiger partial charge in [-0.2, -0.15) is 0 Å². The molecule has 1 aromatic rings. The number of hydrogen-bond donors (Lipinski definition) is 2. The summed E-state index contributed by atoms with van der Waals surface area (Å²) in [6.45, 7) is 5.52. The van der Waals surface area contributed by atoms with Gasteiger partial charge in [0.25, 0.3) is 0 Å². The highest BCUT2D eigenvalue weighted by Crippen LogP contribution is 2.29. The standard InChI is InChI=1S/C20H30N2O2/c1-3-4-12-21-19(23)17-8-10-18(11-9-17)20(24)22-14-16-7-5-6-15(2)13-16/h5-7,13,17-18H,3-4,8-12,14H2,1-2H3,(H,21,23)(H,22,24). The first-order valence-electron chi connectivity index (χ1n) is 9.21. The van der Waals surface area contributed by atoms with Crippen LogP contribution >= 0.6 is 0 Å². The number of aryl methyl sites for hydroxylation is 1. The summed E-state index contributed by atoms with van der Waals surface area (Å²) in [4.78, 5) is 24.4. The molecular weight excluding hydrogens is 300 g/mol. The normalized spacial score (nSPS) is 20.4. The van der Waals surface area contributed by atoms with E-state index in [2.05, 4.69) is 36.6 Å². The van der Waals surface area contributed by atoms with E-state index in [4.69, 9.17) is 0 Å². The first kappa shape index (κ1) is 18.5. The van der Waals surface area contributed by atoms with Gasteiger partial charge in [0.1, 0.15) is 0 Å². The Morgan fingerprint density at radius 1 is 1.04 bits per heavy atom. The average molecular weight is 330 g/mol. The molecule has 1 fully saturated rings. The monoisotopic (exact) mass is 330 g/mol. The minimum atomic E-state index is 0.0505. The molecule has 1 aliphatic carbocycles. The van der Waals surface area contributed by atoms with Gasteiger partial charge in [0, 0.05) is 24.9 Å². The van der Waals surface area contributed by atoms with Crippen LogP contribution in [0.2, 0.25) is 0 Å². The number of unbranched alkanes of at least 4 members (excludes halogenated alkanes) is 1. The Morgan fingerprint density at radius 3 is 2.25 bits per heavy atom. The second kappa shape index (κ2) is 9.45. The minimum Gasteiger partial charge on any atom is -0.356 e. The second-order valence-corrected chi connectivity index (χ2v) is 6.90. The van der Waals surface area contributed by atoms with Crippen molar-refractivity contribution in [1.29, 1.82) is 0 Å². The van der Waals surface area contributed by atoms with Crippen molar-refractivity contribution >= 4 is 11.8 Å². The van der Waals surface area contributed by atoms with Gasteiger partial charge in [-0.05, 0) is 44.6 Å². The summed E-state index contributed by atoms with van der Waals surface area (Å²) in [5, 5.41) is 6.05. The van der Waals surface area contributed by atoms with Crippen LogP contribution in [0.4, 0.5) is 0 Å². The van der Waals surface area contributed by atoms with Crippen molar-refractivity contribution in [3.8, 4) is 0 Å². The smallest absolute Gasteiger partial charge is 0.223 e. The largest absolute Gasteiger partial charge is 0.356 e. The molecule has 2 rings (SSSR count). The van der Waals surface area contributed by atoms with Gasteiger partial charge in [0.2, 0.25) is 11.8 Å². The van der Waals surface area contributed by atoms with E-state index in [-0.39, 0.29) is 23.7 Å². The highest BCUT2D eigenvalue weighted by atomic mass is 16.2. The Balaban J connectivity index is 1.71. The SMILES string of the molecule is CCCCNC(=O)C1CCC(C(=O)NCc2cccc(C)c2)CC1. The van der Waals surface area contributed by atoms with E-state index in [0.717, 1.165) is 50.6 Å². The molecular formula is C20H30N2O2. The maximum atomic E-state index is 12.3. The third-order valence-corrected chi connectivity index (χ3v) is 4.85. The third kappa shape index (κ3) is 5.66. The predicted molar refractivity (Wildman–Crippen MR) is 96.4 cm³/mol. The van der Waals surface area contributed by atoms with Crippen LogP contribution < -0.4 is 10.6 Å². The van der Waals surface area contributed by atoms with Crippen molar-refractivity contribution < 1.29 is 9.59 Å². The lowest BCUT2D eigenvalue weighted by Gasteiger charge is -2.27. The van der Waals surface area contributed by atoms with Crippen LogP contribution in [0.5, 0.6) is 0 Å². The maximum Gasteiger partial charge on any atom is 0.223 e. The zero-order valence-electron chi connectivity index (χ0n) is 14.9. The number of rotatable bonds is 7. The topological polar surface area (TPSA) is 58.2 Å². The van der Waals surface area contributed by atoms with Crippen LogP contribution in [0.1, 0.15) is 56.6 Å². The molecule has 1 saturated carbocycles. The molecule has 0 saturated heterocycles. The minimum absolute atomic E-state index is 0.0505. The highest BCUT2D eigenvalue weighted by Gasteiger charge is 2.29. The molecule has 0 radical (unpaired) electrons. The Hall–Kier alpha value is -1.84. The average Bonchev–Trinajstić information content (AvgIpc) is 2.60. The van der Waals surface area contributed by atoms with E-state index in [0.29, 0.717) is 6.54 Å². The van der Waals surface area contributed by atoms with Gasteiger partial charge in [-0.3, -0.25) is 9.59 Å². The van der Waals surface area contributed by atoms with E-state index in [1.54, 1.807) is 0 Å². The van der Waals surface area contributed by atoms with Gasteiger partial charge < -0.3 is 10.6 Å². The first-order valence-corrected chi connectivity index (χ1v) is 9.21. The molecule has 2 N–H and O–H groups in total. The van der Waals surface area contributed by atoms with Crippen molar-refractivity contribution in [3.05, 3.63) is 35.4 Å². The van der Waals surface area contributed by atoms with Gasteiger partial charge in [-0.1, -0.05) is 43.2 Å². The predicted octanol–water partition coefficient (Wildman–Crippen LogP) is 3.33. The Morgan fingerprint density at radius 2 is 1.67 bits per heavy atom. The highest BCUT2D eigenvalue weighted by molar-refractivity contribution is 5.81. The molecule has 0 aliphatic heterocycles. The molecule has 0 bridgehead atoms. The van der Waals surface area contributed by atoms with Crippen molar-refractivity contribution in [2.75, 3.05) is 6.54 Å². The summed E-state index contributed by atoms with van der Waals surface area (Å²) in [6.07, 6.45) is 5.38. The number of hydrogen-bond acceptors (Lipinski definition) is 2. The summed E-state index contributed by atoms with van der Waals surface area (Å²) < 4.78 is 0. The molecule has 24 heavy (non-hydrogen) atoms. The van der Waals surface area contributed by atoms with Crippen molar-refractivity contribution in [2.45, 2.75) is 58.9 Å². The summed E-state index contributed by atoms with van der Waals surface area (Å²) in [7, 11) is 0. The lowest BCUT2D eigenvalue weighted by molar-refractivity contribution is -0.130. The van der Waals surface area contributed by atoms with Crippen LogP contribution in [0.15, 0.2) is 24.3 Å². The summed E-state index contributed by atoms with van der Waals surface area (Å²) in [6, 6.07) is 8.19. The maximum absolute atomic E-state index is 12.3. The summed E-state index contributed by atoms with van der Waals surface area (Å²) in [5.41, 5.74) is 2.34. The van der Waals surface area contributed by atoms with Crippen molar-refractivity contribution in [3.63, 3.8) is 0 Å². The number of carbonyl (C=O) groups is 2. The van der Waals surface area contributed by atoms with Crippen LogP contribution in [-0.4, -0.2) is 18.4 Å². The third-order valence-electron chi connectivity index (χ3n) is 4.85. The van der Waals surface area contributed by atoms with Crippen LogP contribution in [0.3, 0.4) is 0 Å². The quantitative estimate of drug-likeness (QED) is 0.753. The zero-order chi connectivity index (χ0) is 17.4. The number of amides is 2. The molecule has 1 aliphatic rings. The lowest BCUT2D eigenvalue weighted by atomic mass is 9.81. The molecule has 4 heteroatoms. The molecule has 132 valence electrons. The van der Waals surface area contributed by atoms with E-state index in [1.807, 2.05) is 12.1 Å². The van der Waals surface area contributed by atoms with Gasteiger partial charge in [-0.15, -0.1) is 0 Å². The van der Waals surface area contributed by atoms with E-state index >= 15 is 0 Å². The van der Waals surface area contributed by atoms with Gasteiger partial charge in [0.05, 0.1) is 0 Å². The molecule has 1 aromatic carbocycles. The molecule has 0 atom stereocenters. The molecule has 2 amide bonds. The second-order valence-electron chi connectivity index (χ2n) is 6.90. The molecule has 0 aromatic heterocycles. The Kier molecular flexibility index (Phi) is 7.29. The fourth-order valence-electron chi connectivity index (χ4n) is 3.31. The van der Waals surface area contributed by atoms with E-state index in [9.17, 15) is 9.59 Å². The van der Waals surface area contributed by atoms with E-state index in [1.165, 1.54) is 5.56 Å². The molecule has 0 spiro atoms. The van der Waals surface area contributed by atoms with Gasteiger partial charge in [-0.25, -0.2) is 0 Å². The molecule has 0 heterocycles. The fourth-order valence-corrected chi connectivity index (χ4v) is 3.31. The van der Waals surface area contributed by atoms with Crippen molar-refractivity contribution in [2.24, 2.45) is 11.8 Å². The molecule has 0 unspecified atom stereocenters. The lowest BCUT2D eigenvalue weighted by Crippen LogP contribution is -2.37. The Labute approximate surface area is 145 Å².